The van der Waals surface area contributed by atoms with E-state index in [0.717, 1.165) is 17.0 Å². The Balaban J connectivity index is 1.68. The summed E-state index contributed by atoms with van der Waals surface area (Å²) in [5.41, 5.74) is 3.83. The number of carbonyl (C=O) groups excluding carboxylic acids is 2. The van der Waals surface area contributed by atoms with Gasteiger partial charge in [-0.2, -0.15) is 9.67 Å². The molecule has 0 fully saturated rings. The molecule has 3 aliphatic rings. The highest BCUT2D eigenvalue weighted by atomic mass is 35.5. The molecule has 0 spiro atoms. The van der Waals surface area contributed by atoms with Gasteiger partial charge in [-0.15, -0.1) is 11.6 Å². The quantitative estimate of drug-likeness (QED) is 0.596. The lowest BCUT2D eigenvalue weighted by atomic mass is 9.99. The molecule has 2 aliphatic heterocycles. The van der Waals surface area contributed by atoms with Crippen LogP contribution in [0.25, 0.3) is 0 Å². The monoisotopic (exact) mass is 379 g/mol. The molecule has 1 aromatic rings. The van der Waals surface area contributed by atoms with Crippen LogP contribution in [-0.2, 0) is 24.3 Å². The first kappa shape index (κ1) is 16.5. The minimum absolute atomic E-state index is 0.0922. The largest absolute Gasteiger partial charge is 0.415 e. The summed E-state index contributed by atoms with van der Waals surface area (Å²) in [6.45, 7) is 3.51. The normalized spacial score (nSPS) is 22.7. The number of hydrogen-bond acceptors (Lipinski definition) is 3. The van der Waals surface area contributed by atoms with Crippen LogP contribution in [0.3, 0.4) is 0 Å². The first-order chi connectivity index (χ1) is 12.0. The number of hydrogen-bond donors (Lipinski definition) is 1. The molecule has 1 N–H and O–H groups in total. The summed E-state index contributed by atoms with van der Waals surface area (Å²) in [6.07, 6.45) is 4.36. The van der Waals surface area contributed by atoms with Crippen LogP contribution < -0.4 is 5.32 Å². The summed E-state index contributed by atoms with van der Waals surface area (Å²) >= 11 is 12.2. The van der Waals surface area contributed by atoms with Gasteiger partial charge >= 0.3 is 5.91 Å². The Morgan fingerprint density at radius 2 is 2.24 bits per heavy atom. The topological polar surface area (TPSA) is 67.0 Å². The van der Waals surface area contributed by atoms with E-state index in [2.05, 4.69) is 10.4 Å². The zero-order valence-electron chi connectivity index (χ0n) is 13.7. The maximum Gasteiger partial charge on any atom is 0.415 e. The number of nitrogens with one attached hydrogen (secondary N) is 1. The molecule has 2 amide bonds. The van der Waals surface area contributed by atoms with Crippen molar-refractivity contribution in [1.29, 1.82) is 0 Å². The molecule has 0 saturated heterocycles. The van der Waals surface area contributed by atoms with Gasteiger partial charge in [0.25, 0.3) is 5.91 Å². The lowest BCUT2D eigenvalue weighted by Gasteiger charge is -2.17. The Morgan fingerprint density at radius 3 is 3.00 bits per heavy atom. The number of halogens is 2. The third kappa shape index (κ3) is 2.73. The van der Waals surface area contributed by atoms with Gasteiger partial charge < -0.3 is 5.32 Å². The molecule has 130 valence electrons. The molecule has 0 bridgehead atoms. The smallest absolute Gasteiger partial charge is 0.349 e. The van der Waals surface area contributed by atoms with Crippen LogP contribution in [-0.4, -0.2) is 43.8 Å². The van der Waals surface area contributed by atoms with E-state index >= 15 is 0 Å². The fourth-order valence-corrected chi connectivity index (χ4v) is 3.86. The lowest BCUT2D eigenvalue weighted by Crippen LogP contribution is -2.37. The van der Waals surface area contributed by atoms with Crippen molar-refractivity contribution in [3.8, 4) is 0 Å². The number of fused-ring (bicyclic) bond motifs is 3. The number of allylic oxidation sites excluding steroid dienone is 3. The van der Waals surface area contributed by atoms with Crippen LogP contribution in [0, 0.1) is 0 Å². The molecular weight excluding hydrogens is 363 g/mol. The fourth-order valence-electron chi connectivity index (χ4n) is 3.48. The van der Waals surface area contributed by atoms with Gasteiger partial charge in [-0.1, -0.05) is 11.6 Å². The van der Waals surface area contributed by atoms with Gasteiger partial charge in [-0.25, -0.2) is 4.79 Å². The molecule has 1 aromatic heterocycles. The molecular formula is C17H17Cl2N4O2+. The van der Waals surface area contributed by atoms with E-state index < -0.39 is 0 Å². The predicted octanol–water partition coefficient (Wildman–Crippen LogP) is 1.74. The molecule has 3 heterocycles. The van der Waals surface area contributed by atoms with Gasteiger partial charge in [0.15, 0.2) is 12.3 Å². The summed E-state index contributed by atoms with van der Waals surface area (Å²) in [6, 6.07) is 0. The fraction of sp³-hybridized carbons (Fsp3) is 0.412. The number of alkyl halides is 1. The number of rotatable bonds is 1. The van der Waals surface area contributed by atoms with E-state index in [1.807, 2.05) is 6.92 Å². The van der Waals surface area contributed by atoms with E-state index in [4.69, 9.17) is 23.2 Å². The average molecular weight is 380 g/mol. The van der Waals surface area contributed by atoms with E-state index in [9.17, 15) is 9.59 Å². The predicted molar refractivity (Wildman–Crippen MR) is 94.2 cm³/mol. The summed E-state index contributed by atoms with van der Waals surface area (Å²) in [7, 11) is 0. The van der Waals surface area contributed by atoms with Gasteiger partial charge in [0.2, 0.25) is 0 Å². The van der Waals surface area contributed by atoms with Crippen molar-refractivity contribution in [2.75, 3.05) is 6.54 Å². The second kappa shape index (κ2) is 6.11. The number of amides is 2. The van der Waals surface area contributed by atoms with Crippen molar-refractivity contribution >= 4 is 40.7 Å². The summed E-state index contributed by atoms with van der Waals surface area (Å²) in [5.74, 6) is -0.218. The summed E-state index contributed by atoms with van der Waals surface area (Å²) < 4.78 is 3.47. The Hall–Kier alpha value is -1.92. The van der Waals surface area contributed by atoms with Crippen molar-refractivity contribution in [3.63, 3.8) is 0 Å². The second-order valence-corrected chi connectivity index (χ2v) is 7.43. The van der Waals surface area contributed by atoms with Gasteiger partial charge in [0.05, 0.1) is 35.2 Å². The van der Waals surface area contributed by atoms with E-state index in [0.29, 0.717) is 48.8 Å². The molecule has 0 radical (unpaired) electrons. The van der Waals surface area contributed by atoms with Gasteiger partial charge in [-0.3, -0.25) is 9.48 Å². The van der Waals surface area contributed by atoms with Crippen LogP contribution in [0.5, 0.6) is 0 Å². The molecule has 4 rings (SSSR count). The molecule has 1 atom stereocenters. The third-order valence-corrected chi connectivity index (χ3v) is 5.71. The molecule has 1 unspecified atom stereocenters. The second-order valence-electron chi connectivity index (χ2n) is 6.47. The molecule has 8 heteroatoms. The van der Waals surface area contributed by atoms with Crippen molar-refractivity contribution in [1.82, 2.24) is 15.1 Å². The van der Waals surface area contributed by atoms with Crippen LogP contribution in [0.15, 0.2) is 22.8 Å². The Kier molecular flexibility index (Phi) is 4.04. The Labute approximate surface area is 154 Å². The van der Waals surface area contributed by atoms with E-state index in [1.54, 1.807) is 21.4 Å². The van der Waals surface area contributed by atoms with Gasteiger partial charge in [0.1, 0.15) is 5.69 Å². The molecule has 6 nitrogen and oxygen atoms in total. The number of carbonyl (C=O) groups is 2. The average Bonchev–Trinajstić information content (AvgIpc) is 2.94. The SMILES string of the molecule is CC1=[N+](C(=O)C2=CC=C(Cl)C(Cl)C2)Cc2c(nn3c2C(=O)NCC3)C1. The molecule has 0 saturated carbocycles. The first-order valence-corrected chi connectivity index (χ1v) is 8.98. The first-order valence-electron chi connectivity index (χ1n) is 8.17. The van der Waals surface area contributed by atoms with Crippen molar-refractivity contribution < 1.29 is 14.2 Å². The van der Waals surface area contributed by atoms with E-state index in [1.165, 1.54) is 0 Å². The van der Waals surface area contributed by atoms with Crippen molar-refractivity contribution in [2.45, 2.75) is 38.2 Å². The maximum atomic E-state index is 13.0. The summed E-state index contributed by atoms with van der Waals surface area (Å²) in [5, 5.41) is 7.57. The minimum Gasteiger partial charge on any atom is -0.349 e. The summed E-state index contributed by atoms with van der Waals surface area (Å²) in [4.78, 5) is 25.2. The zero-order valence-corrected chi connectivity index (χ0v) is 15.2. The lowest BCUT2D eigenvalue weighted by molar-refractivity contribution is -0.464. The highest BCUT2D eigenvalue weighted by Crippen LogP contribution is 2.29. The van der Waals surface area contributed by atoms with Gasteiger partial charge in [0, 0.05) is 24.9 Å². The van der Waals surface area contributed by atoms with Crippen LogP contribution >= 0.6 is 23.2 Å². The zero-order chi connectivity index (χ0) is 17.7. The Bertz CT molecular complexity index is 895. The minimum atomic E-state index is -0.374. The van der Waals surface area contributed by atoms with Crippen molar-refractivity contribution in [2.24, 2.45) is 0 Å². The maximum absolute atomic E-state index is 13.0. The molecule has 1 aliphatic carbocycles. The van der Waals surface area contributed by atoms with Crippen molar-refractivity contribution in [3.05, 3.63) is 39.7 Å². The highest BCUT2D eigenvalue weighted by molar-refractivity contribution is 6.37. The van der Waals surface area contributed by atoms with Gasteiger partial charge in [-0.05, 0) is 12.2 Å². The standard InChI is InChI=1S/C17H16Cl2N4O2/c1-9-6-14-11(15-16(24)20-4-5-23(15)21-14)8-22(9)17(25)10-2-3-12(18)13(19)7-10/h2-3,13H,4-8H2,1H3/p+1. The molecule has 25 heavy (non-hydrogen) atoms. The van der Waals surface area contributed by atoms with E-state index in [-0.39, 0.29) is 17.2 Å². The third-order valence-electron chi connectivity index (χ3n) is 4.82. The van der Waals surface area contributed by atoms with Crippen LogP contribution in [0.1, 0.15) is 35.1 Å². The Morgan fingerprint density at radius 1 is 1.44 bits per heavy atom. The van der Waals surface area contributed by atoms with Crippen LogP contribution in [0.4, 0.5) is 0 Å². The number of aromatic nitrogens is 2. The highest BCUT2D eigenvalue weighted by Gasteiger charge is 2.37. The van der Waals surface area contributed by atoms with Crippen LogP contribution in [0.2, 0.25) is 0 Å². The molecule has 0 aromatic carbocycles. The number of nitrogens with zero attached hydrogens (tertiary/aromatic N) is 3.